The molecule has 1 unspecified atom stereocenters. The van der Waals surface area contributed by atoms with Gasteiger partial charge in [-0.25, -0.2) is 0 Å². The molecule has 1 spiro atoms. The van der Waals surface area contributed by atoms with E-state index >= 15 is 0 Å². The number of esters is 1. The second kappa shape index (κ2) is 8.24. The van der Waals surface area contributed by atoms with E-state index < -0.39 is 41.1 Å². The average molecular weight is 459 g/mol. The number of nitrogens with zero attached hydrogens (tertiary/aromatic N) is 2. The maximum absolute atomic E-state index is 14.2. The van der Waals surface area contributed by atoms with Crippen molar-refractivity contribution < 1.29 is 29.0 Å². The molecule has 33 heavy (non-hydrogen) atoms. The first-order valence-corrected chi connectivity index (χ1v) is 12.4. The van der Waals surface area contributed by atoms with E-state index in [4.69, 9.17) is 9.47 Å². The van der Waals surface area contributed by atoms with E-state index in [0.29, 0.717) is 13.0 Å². The van der Waals surface area contributed by atoms with Gasteiger partial charge in [0.15, 0.2) is 0 Å². The third kappa shape index (κ3) is 3.13. The van der Waals surface area contributed by atoms with Gasteiger partial charge in [0.05, 0.1) is 18.6 Å². The Morgan fingerprint density at radius 1 is 1.09 bits per heavy atom. The molecule has 4 aliphatic heterocycles. The molecule has 8 nitrogen and oxygen atoms in total. The van der Waals surface area contributed by atoms with Crippen molar-refractivity contribution in [1.29, 1.82) is 0 Å². The molecule has 0 aromatic heterocycles. The van der Waals surface area contributed by atoms with Crippen LogP contribution in [0.4, 0.5) is 0 Å². The molecule has 1 aliphatic carbocycles. The Labute approximate surface area is 194 Å². The van der Waals surface area contributed by atoms with Crippen LogP contribution in [0.25, 0.3) is 0 Å². The smallest absolute Gasteiger partial charge is 0.313 e. The first-order valence-electron chi connectivity index (χ1n) is 12.4. The zero-order valence-corrected chi connectivity index (χ0v) is 19.4. The van der Waals surface area contributed by atoms with Crippen LogP contribution in [-0.2, 0) is 23.9 Å². The van der Waals surface area contributed by atoms with Crippen LogP contribution in [0, 0.1) is 11.8 Å². The molecule has 8 heteroatoms. The Balaban J connectivity index is 1.64. The number of aliphatic hydroxyl groups is 1. The van der Waals surface area contributed by atoms with Gasteiger partial charge in [0.2, 0.25) is 11.8 Å². The summed E-state index contributed by atoms with van der Waals surface area (Å²) in [5, 5.41) is 9.98. The standard InChI is InChI=1S/C25H34N2O6/c1-3-24-11-8-14-32-23(31)19(24)18-21(29)27(16(2)15-28)20-22(30)26(17-9-5-4-6-10-17)13-7-12-25(18,20)33-24/h7-8,11-12,16-20,28H,3-6,9-10,13-15H2,1-2H3/t16-,18+,19-,20?,24+,25+/m1/s1. The highest BCUT2D eigenvalue weighted by molar-refractivity contribution is 5.99. The van der Waals surface area contributed by atoms with Crippen LogP contribution in [0.2, 0.25) is 0 Å². The van der Waals surface area contributed by atoms with Gasteiger partial charge in [-0.1, -0.05) is 44.4 Å². The number of carbonyl (C=O) groups is 3. The number of likely N-dealkylation sites (tertiary alicyclic amines) is 1. The largest absolute Gasteiger partial charge is 0.461 e. The molecule has 1 N–H and O–H groups in total. The summed E-state index contributed by atoms with van der Waals surface area (Å²) in [4.78, 5) is 44.7. The second-order valence-electron chi connectivity index (χ2n) is 10.1. The average Bonchev–Trinajstić information content (AvgIpc) is 3.11. The molecule has 0 radical (unpaired) electrons. The van der Waals surface area contributed by atoms with Crippen LogP contribution in [0.3, 0.4) is 0 Å². The van der Waals surface area contributed by atoms with Crippen molar-refractivity contribution in [2.45, 2.75) is 81.7 Å². The van der Waals surface area contributed by atoms with Crippen LogP contribution in [0.1, 0.15) is 52.4 Å². The number of carbonyl (C=O) groups excluding carboxylic acids is 3. The zero-order chi connectivity index (χ0) is 23.4. The van der Waals surface area contributed by atoms with E-state index in [1.54, 1.807) is 13.0 Å². The van der Waals surface area contributed by atoms with Crippen molar-refractivity contribution in [2.24, 2.45) is 11.8 Å². The van der Waals surface area contributed by atoms with E-state index in [0.717, 1.165) is 25.7 Å². The molecule has 6 atom stereocenters. The van der Waals surface area contributed by atoms with Crippen molar-refractivity contribution >= 4 is 17.8 Å². The minimum Gasteiger partial charge on any atom is -0.461 e. The van der Waals surface area contributed by atoms with Gasteiger partial charge in [0, 0.05) is 12.6 Å². The number of aliphatic hydroxyl groups excluding tert-OH is 1. The van der Waals surface area contributed by atoms with Crippen molar-refractivity contribution in [3.05, 3.63) is 24.3 Å². The molecule has 5 aliphatic rings. The van der Waals surface area contributed by atoms with Crippen LogP contribution < -0.4 is 0 Å². The summed E-state index contributed by atoms with van der Waals surface area (Å²) >= 11 is 0. The quantitative estimate of drug-likeness (QED) is 0.508. The maximum Gasteiger partial charge on any atom is 0.313 e. The minimum atomic E-state index is -1.28. The summed E-state index contributed by atoms with van der Waals surface area (Å²) in [5.74, 6) is -2.66. The molecule has 0 aromatic carbocycles. The van der Waals surface area contributed by atoms with Crippen molar-refractivity contribution in [3.63, 3.8) is 0 Å². The van der Waals surface area contributed by atoms with E-state index in [-0.39, 0.29) is 31.1 Å². The zero-order valence-electron chi connectivity index (χ0n) is 19.4. The fraction of sp³-hybridized carbons (Fsp3) is 0.720. The summed E-state index contributed by atoms with van der Waals surface area (Å²) in [6, 6.07) is -1.37. The predicted molar refractivity (Wildman–Crippen MR) is 119 cm³/mol. The third-order valence-electron chi connectivity index (χ3n) is 8.42. The third-order valence-corrected chi connectivity index (χ3v) is 8.42. The van der Waals surface area contributed by atoms with Crippen molar-refractivity contribution in [3.8, 4) is 0 Å². The topological polar surface area (TPSA) is 96.4 Å². The molecule has 1 saturated carbocycles. The molecule has 180 valence electrons. The SMILES string of the molecule is CC[C@]12C=CCOC(=O)[C@H]1[C@H]1C(=O)N([C@H](C)CO)C3C(=O)N(C4CCCCC4)CC=C[C@@]31O2. The highest BCUT2D eigenvalue weighted by atomic mass is 16.6. The lowest BCUT2D eigenvalue weighted by Gasteiger charge is -2.41. The number of hydrogen-bond donors (Lipinski definition) is 1. The summed E-state index contributed by atoms with van der Waals surface area (Å²) < 4.78 is 12.2. The first-order chi connectivity index (χ1) is 15.9. The first kappa shape index (κ1) is 22.6. The van der Waals surface area contributed by atoms with E-state index in [1.807, 2.05) is 30.1 Å². The van der Waals surface area contributed by atoms with Crippen molar-refractivity contribution in [1.82, 2.24) is 9.80 Å². The number of fused-ring (bicyclic) bond motifs is 2. The Morgan fingerprint density at radius 2 is 1.85 bits per heavy atom. The van der Waals surface area contributed by atoms with Gasteiger partial charge >= 0.3 is 5.97 Å². The van der Waals surface area contributed by atoms with Gasteiger partial charge in [-0.2, -0.15) is 0 Å². The summed E-state index contributed by atoms with van der Waals surface area (Å²) in [6.07, 6.45) is 13.1. The highest BCUT2D eigenvalue weighted by Crippen LogP contribution is 2.58. The Morgan fingerprint density at radius 3 is 2.55 bits per heavy atom. The lowest BCUT2D eigenvalue weighted by molar-refractivity contribution is -0.161. The molecule has 0 bridgehead atoms. The molecular weight excluding hydrogens is 424 g/mol. The number of ether oxygens (including phenoxy) is 2. The van der Waals surface area contributed by atoms with Gasteiger partial charge in [-0.3, -0.25) is 14.4 Å². The van der Waals surface area contributed by atoms with Gasteiger partial charge in [-0.05, 0) is 32.3 Å². The fourth-order valence-corrected chi connectivity index (χ4v) is 6.84. The lowest BCUT2D eigenvalue weighted by atomic mass is 9.73. The van der Waals surface area contributed by atoms with Crippen LogP contribution >= 0.6 is 0 Å². The monoisotopic (exact) mass is 458 g/mol. The highest BCUT2D eigenvalue weighted by Gasteiger charge is 2.76. The Hall–Kier alpha value is -2.19. The van der Waals surface area contributed by atoms with Gasteiger partial charge < -0.3 is 24.4 Å². The van der Waals surface area contributed by atoms with Gasteiger partial charge in [0.1, 0.15) is 29.8 Å². The molecule has 5 rings (SSSR count). The van der Waals surface area contributed by atoms with Gasteiger partial charge in [0.25, 0.3) is 0 Å². The van der Waals surface area contributed by atoms with Crippen molar-refractivity contribution in [2.75, 3.05) is 19.8 Å². The fourth-order valence-electron chi connectivity index (χ4n) is 6.84. The van der Waals surface area contributed by atoms with E-state index in [2.05, 4.69) is 0 Å². The summed E-state index contributed by atoms with van der Waals surface area (Å²) in [6.45, 7) is 3.98. The molecule has 2 saturated heterocycles. The minimum absolute atomic E-state index is 0.128. The number of hydrogen-bond acceptors (Lipinski definition) is 6. The van der Waals surface area contributed by atoms with Crippen LogP contribution in [-0.4, -0.2) is 81.8 Å². The van der Waals surface area contributed by atoms with Crippen LogP contribution in [0.5, 0.6) is 0 Å². The maximum atomic E-state index is 14.2. The van der Waals surface area contributed by atoms with Gasteiger partial charge in [-0.15, -0.1) is 0 Å². The molecule has 3 fully saturated rings. The lowest BCUT2D eigenvalue weighted by Crippen LogP contribution is -2.59. The number of rotatable bonds is 4. The number of amides is 2. The number of cyclic esters (lactones) is 1. The van der Waals surface area contributed by atoms with E-state index in [9.17, 15) is 19.5 Å². The Bertz CT molecular complexity index is 895. The molecule has 4 heterocycles. The summed E-state index contributed by atoms with van der Waals surface area (Å²) in [7, 11) is 0. The normalized spacial score (nSPS) is 39.6. The molecule has 0 aromatic rings. The summed E-state index contributed by atoms with van der Waals surface area (Å²) in [5.41, 5.74) is -2.28. The van der Waals surface area contributed by atoms with E-state index in [1.165, 1.54) is 11.3 Å². The second-order valence-corrected chi connectivity index (χ2v) is 10.1. The van der Waals surface area contributed by atoms with Crippen LogP contribution in [0.15, 0.2) is 24.3 Å². The molecule has 2 amide bonds. The molecular formula is C25H34N2O6. The predicted octanol–water partition coefficient (Wildman–Crippen LogP) is 1.57. The Kier molecular flexibility index (Phi) is 5.64.